The van der Waals surface area contributed by atoms with Gasteiger partial charge in [-0.1, -0.05) is 13.0 Å². The smallest absolute Gasteiger partial charge is 0.137 e. The van der Waals surface area contributed by atoms with E-state index in [-0.39, 0.29) is 23.4 Å². The molecule has 1 nitrogen and oxygen atoms in total. The Labute approximate surface area is 93.1 Å². The minimum Gasteiger partial charge on any atom is -0.299 e. The molecule has 1 aliphatic carbocycles. The summed E-state index contributed by atoms with van der Waals surface area (Å²) in [5.41, 5.74) is 0.956. The number of benzene rings is 1. The van der Waals surface area contributed by atoms with Crippen LogP contribution in [0.15, 0.2) is 23.1 Å². The fourth-order valence-corrected chi connectivity index (χ4v) is 2.42. The van der Waals surface area contributed by atoms with Crippen LogP contribution in [0.4, 0.5) is 4.39 Å². The third-order valence-electron chi connectivity index (χ3n) is 3.14. The van der Waals surface area contributed by atoms with Crippen molar-refractivity contribution in [3.63, 3.8) is 0 Å². The maximum Gasteiger partial charge on any atom is 0.137 e. The fourth-order valence-electron chi connectivity index (χ4n) is 1.96. The highest BCUT2D eigenvalue weighted by Gasteiger charge is 2.36. The Morgan fingerprint density at radius 1 is 1.47 bits per heavy atom. The monoisotopic (exact) mass is 224 g/mol. The van der Waals surface area contributed by atoms with E-state index in [2.05, 4.69) is 0 Å². The number of ketones is 1. The summed E-state index contributed by atoms with van der Waals surface area (Å²) in [7, 11) is 0. The SMILES string of the molecule is CSc1ccc(C2CC(=O)C2C)cc1F. The number of Topliss-reactive ketones (excluding diaryl/α,β-unsaturated/α-hetero) is 1. The predicted octanol–water partition coefficient (Wildman–Crippen LogP) is 3.24. The van der Waals surface area contributed by atoms with Gasteiger partial charge < -0.3 is 0 Å². The minimum atomic E-state index is -0.174. The summed E-state index contributed by atoms with van der Waals surface area (Å²) in [6, 6.07) is 5.30. The van der Waals surface area contributed by atoms with Gasteiger partial charge in [-0.05, 0) is 24.0 Å². The molecule has 0 spiro atoms. The van der Waals surface area contributed by atoms with Gasteiger partial charge in [-0.3, -0.25) is 4.79 Å². The van der Waals surface area contributed by atoms with Crippen LogP contribution in [0.25, 0.3) is 0 Å². The van der Waals surface area contributed by atoms with Crippen LogP contribution < -0.4 is 0 Å². The van der Waals surface area contributed by atoms with Crippen molar-refractivity contribution < 1.29 is 9.18 Å². The molecule has 1 fully saturated rings. The zero-order valence-corrected chi connectivity index (χ0v) is 9.60. The first-order valence-electron chi connectivity index (χ1n) is 4.99. The topological polar surface area (TPSA) is 17.1 Å². The van der Waals surface area contributed by atoms with Gasteiger partial charge in [0.1, 0.15) is 11.6 Å². The molecule has 0 N–H and O–H groups in total. The van der Waals surface area contributed by atoms with Gasteiger partial charge in [0.15, 0.2) is 0 Å². The lowest BCUT2D eigenvalue weighted by Gasteiger charge is -2.32. The van der Waals surface area contributed by atoms with E-state index in [9.17, 15) is 9.18 Å². The van der Waals surface area contributed by atoms with Gasteiger partial charge >= 0.3 is 0 Å². The lowest BCUT2D eigenvalue weighted by Crippen LogP contribution is -2.32. The van der Waals surface area contributed by atoms with E-state index in [4.69, 9.17) is 0 Å². The van der Waals surface area contributed by atoms with E-state index in [1.54, 1.807) is 12.1 Å². The molecule has 0 amide bonds. The maximum absolute atomic E-state index is 13.5. The minimum absolute atomic E-state index is 0.0597. The second kappa shape index (κ2) is 3.97. The molecule has 1 aromatic rings. The molecule has 0 aliphatic heterocycles. The molecule has 0 heterocycles. The number of hydrogen-bond acceptors (Lipinski definition) is 2. The average molecular weight is 224 g/mol. The van der Waals surface area contributed by atoms with Crippen molar-refractivity contribution in [3.05, 3.63) is 29.6 Å². The highest BCUT2D eigenvalue weighted by molar-refractivity contribution is 7.98. The summed E-state index contributed by atoms with van der Waals surface area (Å²) in [4.78, 5) is 11.8. The summed E-state index contributed by atoms with van der Waals surface area (Å²) in [6.07, 6.45) is 2.42. The van der Waals surface area contributed by atoms with Gasteiger partial charge in [-0.15, -0.1) is 11.8 Å². The van der Waals surface area contributed by atoms with Crippen LogP contribution in [0, 0.1) is 11.7 Å². The van der Waals surface area contributed by atoms with Crippen molar-refractivity contribution in [2.45, 2.75) is 24.2 Å². The van der Waals surface area contributed by atoms with E-state index < -0.39 is 0 Å². The number of carbonyl (C=O) groups excluding carboxylic acids is 1. The highest BCUT2D eigenvalue weighted by atomic mass is 32.2. The zero-order chi connectivity index (χ0) is 11.0. The molecule has 15 heavy (non-hydrogen) atoms. The largest absolute Gasteiger partial charge is 0.299 e. The molecular formula is C12H13FOS. The zero-order valence-electron chi connectivity index (χ0n) is 8.79. The van der Waals surface area contributed by atoms with Crippen molar-refractivity contribution in [1.29, 1.82) is 0 Å². The van der Waals surface area contributed by atoms with Gasteiger partial charge in [0, 0.05) is 23.2 Å². The number of halogens is 1. The first-order valence-corrected chi connectivity index (χ1v) is 6.22. The Balaban J connectivity index is 2.24. The molecule has 2 unspecified atom stereocenters. The molecule has 2 rings (SSSR count). The van der Waals surface area contributed by atoms with Gasteiger partial charge in [-0.2, -0.15) is 0 Å². The van der Waals surface area contributed by atoms with Crippen LogP contribution in [0.1, 0.15) is 24.8 Å². The molecule has 0 aromatic heterocycles. The summed E-state index contributed by atoms with van der Waals surface area (Å²) in [5, 5.41) is 0. The molecule has 1 aliphatic rings. The third-order valence-corrected chi connectivity index (χ3v) is 3.91. The molecule has 0 radical (unpaired) electrons. The Morgan fingerprint density at radius 2 is 2.20 bits per heavy atom. The summed E-state index contributed by atoms with van der Waals surface area (Å²) in [5.74, 6) is 0.397. The standard InChI is InChI=1S/C12H13FOS/c1-7-9(6-11(7)14)8-3-4-12(15-2)10(13)5-8/h3-5,7,9H,6H2,1-2H3. The number of rotatable bonds is 2. The van der Waals surface area contributed by atoms with Crippen LogP contribution >= 0.6 is 11.8 Å². The first kappa shape index (κ1) is 10.7. The van der Waals surface area contributed by atoms with Gasteiger partial charge in [0.2, 0.25) is 0 Å². The second-order valence-corrected chi connectivity index (χ2v) is 4.81. The van der Waals surface area contributed by atoms with E-state index >= 15 is 0 Å². The van der Waals surface area contributed by atoms with Crippen LogP contribution in [-0.4, -0.2) is 12.0 Å². The lowest BCUT2D eigenvalue weighted by atomic mass is 9.70. The van der Waals surface area contributed by atoms with Crippen LogP contribution in [-0.2, 0) is 4.79 Å². The summed E-state index contributed by atoms with van der Waals surface area (Å²) in [6.45, 7) is 1.91. The van der Waals surface area contributed by atoms with E-state index in [0.717, 1.165) is 5.56 Å². The molecule has 0 bridgehead atoms. The molecule has 3 heteroatoms. The van der Waals surface area contributed by atoms with E-state index in [0.29, 0.717) is 11.3 Å². The summed E-state index contributed by atoms with van der Waals surface area (Å²) < 4.78 is 13.5. The van der Waals surface area contributed by atoms with Crippen molar-refractivity contribution in [2.24, 2.45) is 5.92 Å². The second-order valence-electron chi connectivity index (χ2n) is 3.96. The predicted molar refractivity (Wildman–Crippen MR) is 59.7 cm³/mol. The lowest BCUT2D eigenvalue weighted by molar-refractivity contribution is -0.130. The summed E-state index contributed by atoms with van der Waals surface area (Å²) >= 11 is 1.40. The molecule has 1 aromatic carbocycles. The first-order chi connectivity index (χ1) is 7.13. The van der Waals surface area contributed by atoms with Crippen molar-refractivity contribution in [2.75, 3.05) is 6.26 Å². The third kappa shape index (κ3) is 1.81. The Morgan fingerprint density at radius 3 is 2.67 bits per heavy atom. The molecule has 80 valence electrons. The molecular weight excluding hydrogens is 211 g/mol. The van der Waals surface area contributed by atoms with Crippen molar-refractivity contribution in [3.8, 4) is 0 Å². The molecule has 2 atom stereocenters. The van der Waals surface area contributed by atoms with Gasteiger partial charge in [0.05, 0.1) is 0 Å². The van der Waals surface area contributed by atoms with Gasteiger partial charge in [0.25, 0.3) is 0 Å². The fraction of sp³-hybridized carbons (Fsp3) is 0.417. The maximum atomic E-state index is 13.5. The van der Waals surface area contributed by atoms with Crippen LogP contribution in [0.3, 0.4) is 0 Å². The van der Waals surface area contributed by atoms with Crippen LogP contribution in [0.5, 0.6) is 0 Å². The Hall–Kier alpha value is -0.830. The normalized spacial score (nSPS) is 25.1. The van der Waals surface area contributed by atoms with E-state index in [1.807, 2.05) is 19.2 Å². The Kier molecular flexibility index (Phi) is 2.83. The molecule has 1 saturated carbocycles. The average Bonchev–Trinajstić information content (AvgIpc) is 2.25. The number of carbonyl (C=O) groups is 1. The quantitative estimate of drug-likeness (QED) is 0.717. The Bertz CT molecular complexity index is 403. The van der Waals surface area contributed by atoms with E-state index in [1.165, 1.54) is 11.8 Å². The van der Waals surface area contributed by atoms with Crippen molar-refractivity contribution >= 4 is 17.5 Å². The molecule has 0 saturated heterocycles. The van der Waals surface area contributed by atoms with Crippen molar-refractivity contribution in [1.82, 2.24) is 0 Å². The van der Waals surface area contributed by atoms with Crippen LogP contribution in [0.2, 0.25) is 0 Å². The van der Waals surface area contributed by atoms with Gasteiger partial charge in [-0.25, -0.2) is 4.39 Å². The number of thioether (sulfide) groups is 1. The number of hydrogen-bond donors (Lipinski definition) is 0. The highest BCUT2D eigenvalue weighted by Crippen LogP contribution is 2.39.